The molecule has 0 saturated carbocycles. The molecule has 2 aromatic rings. The van der Waals surface area contributed by atoms with Gasteiger partial charge in [-0.1, -0.05) is 30.3 Å². The van der Waals surface area contributed by atoms with Gasteiger partial charge in [0.2, 0.25) is 5.91 Å². The van der Waals surface area contributed by atoms with Gasteiger partial charge in [0, 0.05) is 6.07 Å². The molecular weight excluding hydrogens is 386 g/mol. The van der Waals surface area contributed by atoms with Crippen LogP contribution in [0.2, 0.25) is 0 Å². The van der Waals surface area contributed by atoms with Gasteiger partial charge in [0.15, 0.2) is 0 Å². The number of anilines is 1. The normalized spacial score (nSPS) is 18.2. The van der Waals surface area contributed by atoms with Gasteiger partial charge in [-0.25, -0.2) is 4.79 Å². The van der Waals surface area contributed by atoms with Crippen LogP contribution in [0, 0.1) is 0 Å². The maximum atomic E-state index is 12.9. The summed E-state index contributed by atoms with van der Waals surface area (Å²) in [6.07, 6.45) is 1.07. The maximum Gasteiger partial charge on any atom is 0.325 e. The molecule has 3 rings (SSSR count). The second-order valence-electron chi connectivity index (χ2n) is 7.25. The molecule has 8 nitrogen and oxygen atoms in total. The summed E-state index contributed by atoms with van der Waals surface area (Å²) in [6.45, 7) is 1.29. The molecule has 0 spiro atoms. The highest BCUT2D eigenvalue weighted by atomic mass is 16.5. The van der Waals surface area contributed by atoms with Crippen LogP contribution in [0.3, 0.4) is 0 Å². The number of benzene rings is 2. The molecule has 1 atom stereocenters. The number of methoxy groups -OCH3 is 2. The lowest BCUT2D eigenvalue weighted by molar-refractivity contribution is -0.133. The number of nitrogens with zero attached hydrogens (tertiary/aromatic N) is 1. The first kappa shape index (κ1) is 21.2. The fourth-order valence-electron chi connectivity index (χ4n) is 3.33. The summed E-state index contributed by atoms with van der Waals surface area (Å²) in [7, 11) is 3.00. The van der Waals surface area contributed by atoms with Crippen molar-refractivity contribution in [2.45, 2.75) is 25.3 Å². The standard InChI is InChI=1S/C22H25N3O5/c1-22(12-11-15-7-5-4-6-8-15)20(27)25(21(28)24-22)14-19(26)23-17-10-9-16(29-2)13-18(17)30-3/h4-10,13H,11-12,14H2,1-3H3,(H,23,26)(H,24,28)/t22-/m1/s1. The Morgan fingerprint density at radius 3 is 2.50 bits per heavy atom. The van der Waals surface area contributed by atoms with Gasteiger partial charge in [0.05, 0.1) is 19.9 Å². The quantitative estimate of drug-likeness (QED) is 0.651. The van der Waals surface area contributed by atoms with Gasteiger partial charge in [-0.05, 0) is 37.5 Å². The lowest BCUT2D eigenvalue weighted by Crippen LogP contribution is -2.45. The number of rotatable bonds is 8. The van der Waals surface area contributed by atoms with Crippen LogP contribution in [0.15, 0.2) is 48.5 Å². The van der Waals surface area contributed by atoms with Crippen molar-refractivity contribution < 1.29 is 23.9 Å². The Balaban J connectivity index is 1.64. The van der Waals surface area contributed by atoms with Crippen molar-refractivity contribution in [1.82, 2.24) is 10.2 Å². The van der Waals surface area contributed by atoms with Crippen LogP contribution >= 0.6 is 0 Å². The molecule has 1 heterocycles. The van der Waals surface area contributed by atoms with E-state index in [0.29, 0.717) is 30.0 Å². The molecule has 0 radical (unpaired) electrons. The lowest BCUT2D eigenvalue weighted by Gasteiger charge is -2.21. The number of nitrogens with one attached hydrogen (secondary N) is 2. The molecule has 1 fully saturated rings. The number of hydrogen-bond donors (Lipinski definition) is 2. The SMILES string of the molecule is COc1ccc(NC(=O)CN2C(=O)N[C@](C)(CCc3ccccc3)C2=O)c(OC)c1. The van der Waals surface area contributed by atoms with Crippen molar-refractivity contribution in [1.29, 1.82) is 0 Å². The summed E-state index contributed by atoms with van der Waals surface area (Å²) >= 11 is 0. The van der Waals surface area contributed by atoms with Crippen LogP contribution in [0.1, 0.15) is 18.9 Å². The first-order valence-electron chi connectivity index (χ1n) is 9.56. The first-order chi connectivity index (χ1) is 14.4. The summed E-state index contributed by atoms with van der Waals surface area (Å²) in [4.78, 5) is 38.7. The topological polar surface area (TPSA) is 97.0 Å². The van der Waals surface area contributed by atoms with E-state index in [1.165, 1.54) is 14.2 Å². The van der Waals surface area contributed by atoms with E-state index in [2.05, 4.69) is 10.6 Å². The first-order valence-corrected chi connectivity index (χ1v) is 9.56. The van der Waals surface area contributed by atoms with Gasteiger partial charge in [-0.15, -0.1) is 0 Å². The minimum absolute atomic E-state index is 0.388. The average molecular weight is 411 g/mol. The molecule has 8 heteroatoms. The zero-order valence-corrected chi connectivity index (χ0v) is 17.2. The van der Waals surface area contributed by atoms with Gasteiger partial charge >= 0.3 is 6.03 Å². The number of hydrogen-bond acceptors (Lipinski definition) is 5. The zero-order valence-electron chi connectivity index (χ0n) is 17.2. The highest BCUT2D eigenvalue weighted by Crippen LogP contribution is 2.29. The van der Waals surface area contributed by atoms with E-state index in [1.807, 2.05) is 30.3 Å². The minimum atomic E-state index is -1.05. The van der Waals surface area contributed by atoms with Crippen LogP contribution in [0.25, 0.3) is 0 Å². The van der Waals surface area contributed by atoms with Crippen LogP contribution in [0.5, 0.6) is 11.5 Å². The highest BCUT2D eigenvalue weighted by molar-refractivity contribution is 6.10. The number of urea groups is 1. The molecular formula is C22H25N3O5. The maximum absolute atomic E-state index is 12.9. The van der Waals surface area contributed by atoms with Gasteiger partial charge in [-0.2, -0.15) is 0 Å². The fourth-order valence-corrected chi connectivity index (χ4v) is 3.33. The van der Waals surface area contributed by atoms with Crippen molar-refractivity contribution in [2.24, 2.45) is 0 Å². The number of ether oxygens (including phenoxy) is 2. The van der Waals surface area contributed by atoms with Crippen molar-refractivity contribution >= 4 is 23.5 Å². The summed E-state index contributed by atoms with van der Waals surface area (Å²) in [5, 5.41) is 5.40. The molecule has 0 unspecified atom stereocenters. The van der Waals surface area contributed by atoms with E-state index in [-0.39, 0.29) is 6.54 Å². The van der Waals surface area contributed by atoms with E-state index >= 15 is 0 Å². The van der Waals surface area contributed by atoms with Crippen molar-refractivity contribution in [3.63, 3.8) is 0 Å². The van der Waals surface area contributed by atoms with Gasteiger partial charge in [0.1, 0.15) is 23.6 Å². The van der Waals surface area contributed by atoms with Gasteiger partial charge < -0.3 is 20.1 Å². The molecule has 1 aliphatic rings. The number of imide groups is 1. The molecule has 158 valence electrons. The Hall–Kier alpha value is -3.55. The summed E-state index contributed by atoms with van der Waals surface area (Å²) < 4.78 is 10.4. The predicted octanol–water partition coefficient (Wildman–Crippen LogP) is 2.59. The molecule has 2 N–H and O–H groups in total. The van der Waals surface area contributed by atoms with Crippen molar-refractivity contribution in [3.8, 4) is 11.5 Å². The van der Waals surface area contributed by atoms with Crippen LogP contribution in [0.4, 0.5) is 10.5 Å². The Labute approximate surface area is 175 Å². The van der Waals surface area contributed by atoms with Crippen LogP contribution in [-0.4, -0.2) is 49.0 Å². The Bertz CT molecular complexity index is 947. The van der Waals surface area contributed by atoms with Crippen molar-refractivity contribution in [2.75, 3.05) is 26.1 Å². The Kier molecular flexibility index (Phi) is 6.25. The molecule has 0 aromatic heterocycles. The monoisotopic (exact) mass is 411 g/mol. The molecule has 0 bridgehead atoms. The number of carbonyl (C=O) groups excluding carboxylic acids is 3. The number of aryl methyl sites for hydroxylation is 1. The van der Waals surface area contributed by atoms with E-state index < -0.39 is 23.4 Å². The summed E-state index contributed by atoms with van der Waals surface area (Å²) in [5.41, 5.74) is 0.441. The lowest BCUT2D eigenvalue weighted by atomic mass is 9.93. The summed E-state index contributed by atoms with van der Waals surface area (Å²) in [6, 6.07) is 14.1. The molecule has 0 aliphatic carbocycles. The van der Waals surface area contributed by atoms with Crippen LogP contribution in [-0.2, 0) is 16.0 Å². The molecule has 30 heavy (non-hydrogen) atoms. The third-order valence-electron chi connectivity index (χ3n) is 5.09. The largest absolute Gasteiger partial charge is 0.497 e. The van der Waals surface area contributed by atoms with Gasteiger partial charge in [-0.3, -0.25) is 14.5 Å². The van der Waals surface area contributed by atoms with E-state index in [0.717, 1.165) is 10.5 Å². The second kappa shape index (κ2) is 8.86. The zero-order chi connectivity index (χ0) is 21.7. The minimum Gasteiger partial charge on any atom is -0.497 e. The third kappa shape index (κ3) is 4.53. The fraction of sp³-hybridized carbons (Fsp3) is 0.318. The van der Waals surface area contributed by atoms with E-state index in [4.69, 9.17) is 9.47 Å². The second-order valence-corrected chi connectivity index (χ2v) is 7.25. The Morgan fingerprint density at radius 2 is 1.83 bits per heavy atom. The third-order valence-corrected chi connectivity index (χ3v) is 5.09. The number of amides is 4. The predicted molar refractivity (Wildman–Crippen MR) is 112 cm³/mol. The highest BCUT2D eigenvalue weighted by Gasteiger charge is 2.47. The van der Waals surface area contributed by atoms with E-state index in [1.54, 1.807) is 25.1 Å². The van der Waals surface area contributed by atoms with Crippen molar-refractivity contribution in [3.05, 3.63) is 54.1 Å². The van der Waals surface area contributed by atoms with Gasteiger partial charge in [0.25, 0.3) is 5.91 Å². The molecule has 1 saturated heterocycles. The summed E-state index contributed by atoms with van der Waals surface area (Å²) in [5.74, 6) is 0.0651. The average Bonchev–Trinajstić information content (AvgIpc) is 2.96. The molecule has 2 aromatic carbocycles. The number of carbonyl (C=O) groups is 3. The smallest absolute Gasteiger partial charge is 0.325 e. The van der Waals surface area contributed by atoms with Crippen LogP contribution < -0.4 is 20.1 Å². The Morgan fingerprint density at radius 1 is 1.10 bits per heavy atom. The van der Waals surface area contributed by atoms with E-state index in [9.17, 15) is 14.4 Å². The molecule has 4 amide bonds. The molecule has 1 aliphatic heterocycles.